The summed E-state index contributed by atoms with van der Waals surface area (Å²) in [5, 5.41) is 0. The number of Topliss-reactive ketones (excluding diaryl/α,β-unsaturated/α-hetero) is 1. The van der Waals surface area contributed by atoms with Crippen molar-refractivity contribution in [1.82, 2.24) is 0 Å². The average molecular weight is 483 g/mol. The van der Waals surface area contributed by atoms with Crippen molar-refractivity contribution < 1.29 is 30.7 Å². The summed E-state index contributed by atoms with van der Waals surface area (Å²) >= 11 is 0. The monoisotopic (exact) mass is 482 g/mol. The lowest BCUT2D eigenvalue weighted by molar-refractivity contribution is -0.128. The van der Waals surface area contributed by atoms with Crippen molar-refractivity contribution in [1.29, 1.82) is 0 Å². The van der Waals surface area contributed by atoms with Crippen LogP contribution in [0.2, 0.25) is 0 Å². The van der Waals surface area contributed by atoms with Gasteiger partial charge in [0.05, 0.1) is 16.9 Å². The van der Waals surface area contributed by atoms with E-state index in [1.807, 2.05) is 13.8 Å². The highest BCUT2D eigenvalue weighted by Gasteiger charge is 2.65. The highest BCUT2D eigenvalue weighted by molar-refractivity contribution is 7.86. The molecule has 2 rings (SSSR count). The highest BCUT2D eigenvalue weighted by Crippen LogP contribution is 2.64. The Morgan fingerprint density at radius 1 is 0.839 bits per heavy atom. The molecular formula is C22H42O7S2. The maximum atomic E-state index is 11.9. The molecule has 0 heterocycles. The van der Waals surface area contributed by atoms with Crippen LogP contribution in [0.25, 0.3) is 0 Å². The zero-order valence-electron chi connectivity index (χ0n) is 19.4. The van der Waals surface area contributed by atoms with E-state index in [2.05, 4.69) is 6.92 Å². The molecule has 2 unspecified atom stereocenters. The van der Waals surface area contributed by atoms with E-state index < -0.39 is 31.4 Å². The van der Waals surface area contributed by atoms with Crippen molar-refractivity contribution in [2.75, 3.05) is 11.5 Å². The van der Waals surface area contributed by atoms with Crippen molar-refractivity contribution in [2.45, 2.75) is 104 Å². The molecule has 0 saturated heterocycles. The third-order valence-corrected chi connectivity index (χ3v) is 8.99. The van der Waals surface area contributed by atoms with E-state index in [4.69, 9.17) is 9.11 Å². The van der Waals surface area contributed by atoms with Gasteiger partial charge in [0.1, 0.15) is 5.78 Å². The number of hydrogen-bond donors (Lipinski definition) is 2. The smallest absolute Gasteiger partial charge is 0.265 e. The van der Waals surface area contributed by atoms with Gasteiger partial charge in [-0.1, -0.05) is 78.6 Å². The lowest BCUT2D eigenvalue weighted by atomic mass is 9.70. The average Bonchev–Trinajstić information content (AvgIpc) is 2.96. The van der Waals surface area contributed by atoms with Gasteiger partial charge in [-0.05, 0) is 30.6 Å². The van der Waals surface area contributed by atoms with Crippen molar-refractivity contribution in [3.63, 3.8) is 0 Å². The topological polar surface area (TPSA) is 126 Å². The summed E-state index contributed by atoms with van der Waals surface area (Å²) < 4.78 is 60.3. The van der Waals surface area contributed by atoms with Gasteiger partial charge in [0, 0.05) is 6.42 Å². The summed E-state index contributed by atoms with van der Waals surface area (Å²) in [5.41, 5.74) is -1.12. The van der Waals surface area contributed by atoms with Crippen LogP contribution in [0, 0.1) is 16.7 Å². The summed E-state index contributed by atoms with van der Waals surface area (Å²) in [7, 11) is -7.81. The molecule has 7 nitrogen and oxygen atoms in total. The standard InChI is InChI=1S/C12H26O3S.C10H16O4S/c1-2-3-4-5-6-7-8-9-10-11-12-16(13,14)15;1-9(2)7-3-4-10(9,8(11)5-7)6-15(12,13)14/h2-12H2,1H3,(H,13,14,15);7H,3-6H2,1-2H3,(H,12,13,14). The van der Waals surface area contributed by atoms with Crippen LogP contribution in [0.1, 0.15) is 104 Å². The van der Waals surface area contributed by atoms with Crippen LogP contribution in [0.5, 0.6) is 0 Å². The van der Waals surface area contributed by atoms with Crippen LogP contribution in [-0.2, 0) is 25.0 Å². The molecule has 2 N–H and O–H groups in total. The molecule has 2 fully saturated rings. The SMILES string of the molecule is CC1(C)C2CCC1(CS(=O)(=O)O)C(=O)C2.CCCCCCCCCCCCS(=O)(=O)O. The fourth-order valence-corrected chi connectivity index (χ4v) is 7.06. The van der Waals surface area contributed by atoms with E-state index >= 15 is 0 Å². The van der Waals surface area contributed by atoms with Crippen LogP contribution in [0.3, 0.4) is 0 Å². The first-order valence-electron chi connectivity index (χ1n) is 11.7. The molecule has 31 heavy (non-hydrogen) atoms. The number of fused-ring (bicyclic) bond motifs is 2. The predicted molar refractivity (Wildman–Crippen MR) is 123 cm³/mol. The Morgan fingerprint density at radius 3 is 1.68 bits per heavy atom. The number of rotatable bonds is 13. The van der Waals surface area contributed by atoms with Gasteiger partial charge >= 0.3 is 0 Å². The summed E-state index contributed by atoms with van der Waals surface area (Å²) in [4.78, 5) is 11.9. The molecule has 0 radical (unpaired) electrons. The van der Waals surface area contributed by atoms with Crippen LogP contribution in [0.4, 0.5) is 0 Å². The molecule has 2 atom stereocenters. The minimum absolute atomic E-state index is 0.0152. The second kappa shape index (κ2) is 12.1. The molecule has 0 amide bonds. The van der Waals surface area contributed by atoms with Crippen molar-refractivity contribution in [2.24, 2.45) is 16.7 Å². The van der Waals surface area contributed by atoms with Crippen molar-refractivity contribution in [3.8, 4) is 0 Å². The lowest BCUT2D eigenvalue weighted by Gasteiger charge is -2.35. The third kappa shape index (κ3) is 9.10. The van der Waals surface area contributed by atoms with Gasteiger partial charge in [0.2, 0.25) is 0 Å². The normalized spacial score (nSPS) is 24.8. The van der Waals surface area contributed by atoms with Crippen LogP contribution in [0.15, 0.2) is 0 Å². The minimum Gasteiger partial charge on any atom is -0.299 e. The zero-order valence-corrected chi connectivity index (χ0v) is 21.1. The number of unbranched alkanes of at least 4 members (excludes halogenated alkanes) is 9. The van der Waals surface area contributed by atoms with Gasteiger partial charge in [-0.25, -0.2) is 0 Å². The van der Waals surface area contributed by atoms with Crippen LogP contribution in [-0.4, -0.2) is 43.2 Å². The van der Waals surface area contributed by atoms with Gasteiger partial charge in [0.25, 0.3) is 20.2 Å². The quantitative estimate of drug-likeness (QED) is 0.277. The summed E-state index contributed by atoms with van der Waals surface area (Å²) in [6.45, 7) is 6.11. The Kier molecular flexibility index (Phi) is 11.1. The molecule has 2 bridgehead atoms. The van der Waals surface area contributed by atoms with E-state index in [9.17, 15) is 21.6 Å². The number of carbonyl (C=O) groups excluding carboxylic acids is 1. The molecule has 9 heteroatoms. The number of hydrogen-bond acceptors (Lipinski definition) is 5. The van der Waals surface area contributed by atoms with Gasteiger partial charge < -0.3 is 0 Å². The summed E-state index contributed by atoms with van der Waals surface area (Å²) in [6.07, 6.45) is 13.6. The van der Waals surface area contributed by atoms with E-state index in [0.29, 0.717) is 19.3 Å². The Bertz CT molecular complexity index is 772. The maximum Gasteiger partial charge on any atom is 0.265 e. The number of carbonyl (C=O) groups is 1. The molecule has 184 valence electrons. The van der Waals surface area contributed by atoms with Crippen molar-refractivity contribution >= 4 is 26.0 Å². The van der Waals surface area contributed by atoms with Crippen molar-refractivity contribution in [3.05, 3.63) is 0 Å². The largest absolute Gasteiger partial charge is 0.299 e. The lowest BCUT2D eigenvalue weighted by Crippen LogP contribution is -2.42. The summed E-state index contributed by atoms with van der Waals surface area (Å²) in [5.74, 6) is -0.181. The predicted octanol–water partition coefficient (Wildman–Crippen LogP) is 5.06. The summed E-state index contributed by atoms with van der Waals surface area (Å²) in [6, 6.07) is 0. The Morgan fingerprint density at radius 2 is 1.32 bits per heavy atom. The molecule has 2 saturated carbocycles. The molecular weight excluding hydrogens is 440 g/mol. The Balaban J connectivity index is 0.000000310. The Hall–Kier alpha value is -0.510. The van der Waals surface area contributed by atoms with Gasteiger partial charge in [-0.3, -0.25) is 13.9 Å². The molecule has 0 aromatic heterocycles. The van der Waals surface area contributed by atoms with Crippen LogP contribution >= 0.6 is 0 Å². The third-order valence-electron chi connectivity index (χ3n) is 7.32. The highest BCUT2D eigenvalue weighted by atomic mass is 32.2. The first-order valence-corrected chi connectivity index (χ1v) is 14.9. The first kappa shape index (κ1) is 28.5. The first-order chi connectivity index (χ1) is 14.3. The molecule has 0 aromatic carbocycles. The number of ketones is 1. The maximum absolute atomic E-state index is 11.9. The van der Waals surface area contributed by atoms with E-state index in [1.54, 1.807) is 0 Å². The molecule has 0 aliphatic heterocycles. The molecule has 2 aliphatic rings. The zero-order chi connectivity index (χ0) is 23.8. The molecule has 0 aromatic rings. The fourth-order valence-electron chi connectivity index (χ4n) is 5.19. The minimum atomic E-state index is -4.08. The second-order valence-electron chi connectivity index (χ2n) is 9.86. The van der Waals surface area contributed by atoms with Gasteiger partial charge in [-0.15, -0.1) is 0 Å². The van der Waals surface area contributed by atoms with Gasteiger partial charge in [0.15, 0.2) is 0 Å². The van der Waals surface area contributed by atoms with E-state index in [-0.39, 0.29) is 22.9 Å². The molecule has 2 aliphatic carbocycles. The van der Waals surface area contributed by atoms with Crippen LogP contribution < -0.4 is 0 Å². The Labute approximate surface area is 189 Å². The molecule has 0 spiro atoms. The fraction of sp³-hybridized carbons (Fsp3) is 0.955. The van der Waals surface area contributed by atoms with E-state index in [0.717, 1.165) is 19.3 Å². The second-order valence-corrected chi connectivity index (χ2v) is 12.9. The van der Waals surface area contributed by atoms with E-state index in [1.165, 1.54) is 44.9 Å². The van der Waals surface area contributed by atoms with Gasteiger partial charge in [-0.2, -0.15) is 16.8 Å².